The van der Waals surface area contributed by atoms with E-state index >= 15 is 0 Å². The Morgan fingerprint density at radius 2 is 1.95 bits per heavy atom. The Balaban J connectivity index is 3.11. The molecule has 0 aliphatic carbocycles. The Hall–Kier alpha value is -2.49. The molecule has 0 saturated carbocycles. The van der Waals surface area contributed by atoms with E-state index in [-0.39, 0.29) is 11.3 Å². The molecule has 0 fully saturated rings. The van der Waals surface area contributed by atoms with Crippen molar-refractivity contribution >= 4 is 21.6 Å². The summed E-state index contributed by atoms with van der Waals surface area (Å²) in [7, 11) is 0. The lowest BCUT2D eigenvalue weighted by Crippen LogP contribution is -2.01. The van der Waals surface area contributed by atoms with Crippen LogP contribution in [0.3, 0.4) is 0 Å². The Labute approximate surface area is 119 Å². The minimum absolute atomic E-state index is 0.0882. The summed E-state index contributed by atoms with van der Waals surface area (Å²) >= 11 is 3.34. The molecule has 0 saturated heterocycles. The standard InChI is InChI=1S/C13H9BrN4O/c1-2-19-13-5-10(3-4-11(13)14)18-12(8-17)9(6-15)7-16/h3-5,18H,2H2,1H3. The SMILES string of the molecule is CCOc1cc(NC(C#N)=C(C#N)C#N)ccc1Br. The predicted octanol–water partition coefficient (Wildman–Crippen LogP) is 3.08. The Morgan fingerprint density at radius 3 is 2.47 bits per heavy atom. The monoisotopic (exact) mass is 316 g/mol. The van der Waals surface area contributed by atoms with Crippen molar-refractivity contribution in [1.82, 2.24) is 0 Å². The van der Waals surface area contributed by atoms with Crippen LogP contribution in [0.25, 0.3) is 0 Å². The molecule has 19 heavy (non-hydrogen) atoms. The molecule has 0 amide bonds. The van der Waals surface area contributed by atoms with E-state index < -0.39 is 0 Å². The molecule has 1 aromatic rings. The van der Waals surface area contributed by atoms with Gasteiger partial charge < -0.3 is 10.1 Å². The average Bonchev–Trinajstić information content (AvgIpc) is 2.42. The highest BCUT2D eigenvalue weighted by atomic mass is 79.9. The molecule has 94 valence electrons. The summed E-state index contributed by atoms with van der Waals surface area (Å²) in [5.74, 6) is 0.611. The van der Waals surface area contributed by atoms with E-state index in [1.165, 1.54) is 0 Å². The van der Waals surface area contributed by atoms with Crippen LogP contribution in [0, 0.1) is 34.0 Å². The number of nitrogens with zero attached hydrogens (tertiary/aromatic N) is 3. The molecule has 0 unspecified atom stereocenters. The topological polar surface area (TPSA) is 92.6 Å². The summed E-state index contributed by atoms with van der Waals surface area (Å²) in [5.41, 5.74) is 0.212. The average molecular weight is 317 g/mol. The molecule has 1 N–H and O–H groups in total. The summed E-state index contributed by atoms with van der Waals surface area (Å²) < 4.78 is 6.17. The van der Waals surface area contributed by atoms with Crippen LogP contribution in [0.15, 0.2) is 33.9 Å². The van der Waals surface area contributed by atoms with Crippen LogP contribution in [0.4, 0.5) is 5.69 Å². The van der Waals surface area contributed by atoms with Gasteiger partial charge in [-0.15, -0.1) is 0 Å². The van der Waals surface area contributed by atoms with Crippen molar-refractivity contribution in [1.29, 1.82) is 15.8 Å². The van der Waals surface area contributed by atoms with Crippen LogP contribution < -0.4 is 10.1 Å². The second kappa shape index (κ2) is 7.06. The molecule has 6 heteroatoms. The van der Waals surface area contributed by atoms with Crippen LogP contribution in [-0.4, -0.2) is 6.61 Å². The van der Waals surface area contributed by atoms with Gasteiger partial charge in [0.15, 0.2) is 5.57 Å². The van der Waals surface area contributed by atoms with Crippen LogP contribution in [-0.2, 0) is 0 Å². The molecule has 0 bridgehead atoms. The molecule has 0 heterocycles. The van der Waals surface area contributed by atoms with Gasteiger partial charge in [-0.25, -0.2) is 0 Å². The van der Waals surface area contributed by atoms with Gasteiger partial charge in [-0.3, -0.25) is 0 Å². The minimum atomic E-state index is -0.261. The first kappa shape index (κ1) is 14.6. The quantitative estimate of drug-likeness (QED) is 0.861. The molecule has 0 spiro atoms. The van der Waals surface area contributed by atoms with Crippen LogP contribution in [0.2, 0.25) is 0 Å². The fourth-order valence-corrected chi connectivity index (χ4v) is 1.64. The number of halogens is 1. The predicted molar refractivity (Wildman–Crippen MR) is 72.8 cm³/mol. The number of benzene rings is 1. The fourth-order valence-electron chi connectivity index (χ4n) is 1.27. The number of hydrogen-bond acceptors (Lipinski definition) is 5. The van der Waals surface area contributed by atoms with Crippen molar-refractivity contribution in [2.75, 3.05) is 11.9 Å². The smallest absolute Gasteiger partial charge is 0.163 e. The zero-order valence-corrected chi connectivity index (χ0v) is 11.7. The van der Waals surface area contributed by atoms with E-state index in [4.69, 9.17) is 20.5 Å². The molecular weight excluding hydrogens is 308 g/mol. The highest BCUT2D eigenvalue weighted by Crippen LogP contribution is 2.29. The maximum atomic E-state index is 8.93. The lowest BCUT2D eigenvalue weighted by molar-refractivity contribution is 0.338. The third-order valence-corrected chi connectivity index (χ3v) is 2.74. The maximum Gasteiger partial charge on any atom is 0.163 e. The zero-order valence-electron chi connectivity index (χ0n) is 10.1. The lowest BCUT2D eigenvalue weighted by Gasteiger charge is -2.09. The number of nitrogens with one attached hydrogen (secondary N) is 1. The lowest BCUT2D eigenvalue weighted by atomic mass is 10.2. The van der Waals surface area contributed by atoms with Crippen LogP contribution >= 0.6 is 15.9 Å². The Bertz CT molecular complexity index is 616. The highest BCUT2D eigenvalue weighted by Gasteiger charge is 2.08. The number of nitriles is 3. The first-order valence-electron chi connectivity index (χ1n) is 5.30. The molecule has 1 rings (SSSR count). The van der Waals surface area contributed by atoms with Gasteiger partial charge in [0.25, 0.3) is 0 Å². The van der Waals surface area contributed by atoms with Gasteiger partial charge in [-0.2, -0.15) is 15.8 Å². The van der Waals surface area contributed by atoms with Crippen molar-refractivity contribution in [3.8, 4) is 24.0 Å². The van der Waals surface area contributed by atoms with E-state index in [1.807, 2.05) is 6.92 Å². The molecule has 0 aliphatic heterocycles. The summed E-state index contributed by atoms with van der Waals surface area (Å²) in [6, 6.07) is 10.3. The molecular formula is C13H9BrN4O. The zero-order chi connectivity index (χ0) is 14.3. The minimum Gasteiger partial charge on any atom is -0.493 e. The first-order valence-corrected chi connectivity index (χ1v) is 6.09. The third kappa shape index (κ3) is 3.74. The molecule has 0 aromatic heterocycles. The van der Waals surface area contributed by atoms with Crippen molar-refractivity contribution in [3.05, 3.63) is 33.9 Å². The van der Waals surface area contributed by atoms with Gasteiger partial charge in [0.2, 0.25) is 0 Å². The number of allylic oxidation sites excluding steroid dienone is 2. The largest absolute Gasteiger partial charge is 0.493 e. The van der Waals surface area contributed by atoms with Crippen molar-refractivity contribution in [3.63, 3.8) is 0 Å². The third-order valence-electron chi connectivity index (χ3n) is 2.09. The molecule has 0 radical (unpaired) electrons. The molecule has 0 atom stereocenters. The number of ether oxygens (including phenoxy) is 1. The van der Waals surface area contributed by atoms with Crippen molar-refractivity contribution in [2.24, 2.45) is 0 Å². The second-order valence-electron chi connectivity index (χ2n) is 3.29. The van der Waals surface area contributed by atoms with Crippen LogP contribution in [0.5, 0.6) is 5.75 Å². The number of hydrogen-bond donors (Lipinski definition) is 1. The van der Waals surface area contributed by atoms with E-state index in [9.17, 15) is 0 Å². The number of rotatable bonds is 4. The highest BCUT2D eigenvalue weighted by molar-refractivity contribution is 9.10. The van der Waals surface area contributed by atoms with E-state index in [1.54, 1.807) is 36.4 Å². The Kier molecular flexibility index (Phi) is 5.41. The molecule has 1 aromatic carbocycles. The number of anilines is 1. The second-order valence-corrected chi connectivity index (χ2v) is 4.14. The van der Waals surface area contributed by atoms with Gasteiger partial charge in [-0.1, -0.05) is 0 Å². The normalized spacial score (nSPS) is 8.58. The first-order chi connectivity index (χ1) is 9.15. The van der Waals surface area contributed by atoms with Crippen LogP contribution in [0.1, 0.15) is 6.92 Å². The Morgan fingerprint density at radius 1 is 1.26 bits per heavy atom. The molecule has 0 aliphatic rings. The van der Waals surface area contributed by atoms with Gasteiger partial charge in [-0.05, 0) is 35.0 Å². The summed E-state index contributed by atoms with van der Waals surface area (Å²) in [5, 5.41) is 29.1. The van der Waals surface area contributed by atoms with E-state index in [0.717, 1.165) is 4.47 Å². The van der Waals surface area contributed by atoms with Gasteiger partial charge >= 0.3 is 0 Å². The van der Waals surface area contributed by atoms with Crippen molar-refractivity contribution < 1.29 is 4.74 Å². The summed E-state index contributed by atoms with van der Waals surface area (Å²) in [6.45, 7) is 2.36. The van der Waals surface area contributed by atoms with E-state index in [2.05, 4.69) is 21.2 Å². The van der Waals surface area contributed by atoms with E-state index in [0.29, 0.717) is 18.0 Å². The molecule has 5 nitrogen and oxygen atoms in total. The van der Waals surface area contributed by atoms with Crippen molar-refractivity contribution in [2.45, 2.75) is 6.92 Å². The summed E-state index contributed by atoms with van der Waals surface area (Å²) in [6.07, 6.45) is 0. The van der Waals surface area contributed by atoms with Gasteiger partial charge in [0.05, 0.1) is 11.1 Å². The summed E-state index contributed by atoms with van der Waals surface area (Å²) in [4.78, 5) is 0. The van der Waals surface area contributed by atoms with Gasteiger partial charge in [0.1, 0.15) is 29.7 Å². The fraction of sp³-hybridized carbons (Fsp3) is 0.154. The van der Waals surface area contributed by atoms with Gasteiger partial charge in [0, 0.05) is 11.8 Å². The maximum absolute atomic E-state index is 8.93.